The Kier molecular flexibility index (Phi) is 7.11. The molecule has 0 saturated carbocycles. The second kappa shape index (κ2) is 10.2. The first-order chi connectivity index (χ1) is 15.1. The highest BCUT2D eigenvalue weighted by molar-refractivity contribution is 7.09. The summed E-state index contributed by atoms with van der Waals surface area (Å²) in [5.74, 6) is 1.35. The highest BCUT2D eigenvalue weighted by Crippen LogP contribution is 2.23. The summed E-state index contributed by atoms with van der Waals surface area (Å²) in [4.78, 5) is 22.7. The van der Waals surface area contributed by atoms with Crippen LogP contribution >= 0.6 is 11.3 Å². The van der Waals surface area contributed by atoms with Gasteiger partial charge in [-0.05, 0) is 31.7 Å². The molecule has 0 radical (unpaired) electrons. The largest absolute Gasteiger partial charge is 0.355 e. The van der Waals surface area contributed by atoms with Crippen LogP contribution in [0, 0.1) is 6.92 Å². The minimum atomic E-state index is 0.0495. The van der Waals surface area contributed by atoms with Gasteiger partial charge in [-0.15, -0.1) is 11.3 Å². The molecule has 2 aromatic heterocycles. The maximum absolute atomic E-state index is 12.2. The normalized spacial score (nSPS) is 16.3. The van der Waals surface area contributed by atoms with Crippen molar-refractivity contribution in [2.45, 2.75) is 26.3 Å². The fourth-order valence-electron chi connectivity index (χ4n) is 3.73. The van der Waals surface area contributed by atoms with Crippen LogP contribution in [0.2, 0.25) is 0 Å². The van der Waals surface area contributed by atoms with E-state index < -0.39 is 0 Å². The molecule has 1 aliphatic heterocycles. The van der Waals surface area contributed by atoms with Crippen LogP contribution in [0.4, 0.5) is 0 Å². The van der Waals surface area contributed by atoms with E-state index in [9.17, 15) is 4.79 Å². The minimum absolute atomic E-state index is 0.0495. The number of hydrogen-bond acceptors (Lipinski definition) is 7. The lowest BCUT2D eigenvalue weighted by molar-refractivity contribution is -0.122. The van der Waals surface area contributed by atoms with Gasteiger partial charge in [0.25, 0.3) is 0 Å². The lowest BCUT2D eigenvalue weighted by Gasteiger charge is -2.36. The van der Waals surface area contributed by atoms with E-state index >= 15 is 0 Å². The molecule has 1 aromatic carbocycles. The molecule has 4 rings (SSSR count). The molecule has 1 unspecified atom stereocenters. The van der Waals surface area contributed by atoms with Gasteiger partial charge in [0.15, 0.2) is 0 Å². The van der Waals surface area contributed by atoms with Crippen LogP contribution in [0.15, 0.2) is 46.3 Å². The molecular weight excluding hydrogens is 410 g/mol. The van der Waals surface area contributed by atoms with Gasteiger partial charge in [0.2, 0.25) is 17.6 Å². The second-order valence-electron chi connectivity index (χ2n) is 7.99. The molecule has 0 aliphatic carbocycles. The molecule has 164 valence electrons. The molecule has 1 N–H and O–H groups in total. The zero-order valence-electron chi connectivity index (χ0n) is 18.1. The molecule has 3 aromatic rings. The van der Waals surface area contributed by atoms with E-state index in [1.54, 1.807) is 11.3 Å². The maximum Gasteiger partial charge on any atom is 0.244 e. The van der Waals surface area contributed by atoms with Crippen molar-refractivity contribution in [3.8, 4) is 11.4 Å². The predicted octanol–water partition coefficient (Wildman–Crippen LogP) is 3.14. The third-order valence-electron chi connectivity index (χ3n) is 5.70. The standard InChI is InChI=1S/C23H29N5O2S/c1-17-5-7-19(8-6-17)22-25-23(30-26-22)18(2)28-13-11-27(12-14-28)16-21(29)24-10-9-20-4-3-15-31-20/h3-8,15,18H,9-14,16H2,1-2H3,(H,24,29). The van der Waals surface area contributed by atoms with Gasteiger partial charge in [-0.3, -0.25) is 14.6 Å². The lowest BCUT2D eigenvalue weighted by Crippen LogP contribution is -2.50. The van der Waals surface area contributed by atoms with Crippen LogP contribution in [0.3, 0.4) is 0 Å². The molecule has 1 atom stereocenters. The fourth-order valence-corrected chi connectivity index (χ4v) is 4.44. The van der Waals surface area contributed by atoms with Crippen molar-refractivity contribution in [3.05, 3.63) is 58.1 Å². The second-order valence-corrected chi connectivity index (χ2v) is 9.02. The van der Waals surface area contributed by atoms with Gasteiger partial charge in [-0.25, -0.2) is 0 Å². The number of piperazine rings is 1. The van der Waals surface area contributed by atoms with Gasteiger partial charge in [-0.2, -0.15) is 4.98 Å². The maximum atomic E-state index is 12.2. The van der Waals surface area contributed by atoms with Crippen LogP contribution in [-0.4, -0.2) is 65.1 Å². The molecule has 1 amide bonds. The molecule has 8 heteroatoms. The predicted molar refractivity (Wildman–Crippen MR) is 122 cm³/mol. The Morgan fingerprint density at radius 1 is 1.19 bits per heavy atom. The first kappa shape index (κ1) is 21.7. The van der Waals surface area contributed by atoms with E-state index in [2.05, 4.69) is 50.6 Å². The SMILES string of the molecule is Cc1ccc(-c2noc(C(C)N3CCN(CC(=O)NCCc4cccs4)CC3)n2)cc1. The van der Waals surface area contributed by atoms with E-state index in [4.69, 9.17) is 4.52 Å². The lowest BCUT2D eigenvalue weighted by atomic mass is 10.1. The number of benzene rings is 1. The Bertz CT molecular complexity index is 962. The summed E-state index contributed by atoms with van der Waals surface area (Å²) in [6, 6.07) is 12.3. The zero-order valence-corrected chi connectivity index (χ0v) is 18.9. The fraction of sp³-hybridized carbons (Fsp3) is 0.435. The summed E-state index contributed by atoms with van der Waals surface area (Å²) in [5.41, 5.74) is 2.16. The van der Waals surface area contributed by atoms with Gasteiger partial charge in [-0.1, -0.05) is 41.1 Å². The summed E-state index contributed by atoms with van der Waals surface area (Å²) in [6.07, 6.45) is 0.892. The Balaban J connectivity index is 1.22. The summed E-state index contributed by atoms with van der Waals surface area (Å²) >= 11 is 1.73. The van der Waals surface area contributed by atoms with E-state index in [0.717, 1.165) is 38.2 Å². The summed E-state index contributed by atoms with van der Waals surface area (Å²) in [5, 5.41) is 9.25. The zero-order chi connectivity index (χ0) is 21.6. The molecule has 1 aliphatic rings. The third kappa shape index (κ3) is 5.78. The molecule has 1 fully saturated rings. The first-order valence-corrected chi connectivity index (χ1v) is 11.6. The highest BCUT2D eigenvalue weighted by Gasteiger charge is 2.26. The molecular formula is C23H29N5O2S. The van der Waals surface area contributed by atoms with Gasteiger partial charge in [0, 0.05) is 43.2 Å². The molecule has 3 heterocycles. The van der Waals surface area contributed by atoms with Crippen LogP contribution < -0.4 is 5.32 Å². The quantitative estimate of drug-likeness (QED) is 0.581. The van der Waals surface area contributed by atoms with Crippen LogP contribution in [0.1, 0.15) is 29.3 Å². The summed E-state index contributed by atoms with van der Waals surface area (Å²) in [7, 11) is 0. The number of aromatic nitrogens is 2. The van der Waals surface area contributed by atoms with Gasteiger partial charge in [0.05, 0.1) is 12.6 Å². The molecule has 31 heavy (non-hydrogen) atoms. The van der Waals surface area contributed by atoms with Crippen molar-refractivity contribution in [1.29, 1.82) is 0 Å². The molecule has 0 spiro atoms. The average molecular weight is 440 g/mol. The topological polar surface area (TPSA) is 74.5 Å². The van der Waals surface area contributed by atoms with E-state index in [1.807, 2.05) is 30.3 Å². The number of carbonyl (C=O) groups excluding carboxylic acids is 1. The third-order valence-corrected chi connectivity index (χ3v) is 6.64. The van der Waals surface area contributed by atoms with Gasteiger partial charge < -0.3 is 9.84 Å². The smallest absolute Gasteiger partial charge is 0.244 e. The average Bonchev–Trinajstić information content (AvgIpc) is 3.47. The highest BCUT2D eigenvalue weighted by atomic mass is 32.1. The number of carbonyl (C=O) groups is 1. The number of nitrogens with zero attached hydrogens (tertiary/aromatic N) is 4. The Labute approximate surface area is 187 Å². The van der Waals surface area contributed by atoms with Gasteiger partial charge >= 0.3 is 0 Å². The van der Waals surface area contributed by atoms with Crippen LogP contribution in [0.25, 0.3) is 11.4 Å². The monoisotopic (exact) mass is 439 g/mol. The number of amides is 1. The Morgan fingerprint density at radius 3 is 2.68 bits per heavy atom. The van der Waals surface area contributed by atoms with Crippen LogP contribution in [0.5, 0.6) is 0 Å². The number of hydrogen-bond donors (Lipinski definition) is 1. The first-order valence-electron chi connectivity index (χ1n) is 10.7. The molecule has 1 saturated heterocycles. The number of aryl methyl sites for hydroxylation is 1. The Hall–Kier alpha value is -2.55. The van der Waals surface area contributed by atoms with Gasteiger partial charge in [0.1, 0.15) is 0 Å². The van der Waals surface area contributed by atoms with Crippen molar-refractivity contribution < 1.29 is 9.32 Å². The van der Waals surface area contributed by atoms with E-state index in [-0.39, 0.29) is 11.9 Å². The number of thiophene rings is 1. The molecule has 7 nitrogen and oxygen atoms in total. The van der Waals surface area contributed by atoms with Crippen molar-refractivity contribution >= 4 is 17.2 Å². The van der Waals surface area contributed by atoms with E-state index in [1.165, 1.54) is 10.4 Å². The van der Waals surface area contributed by atoms with Crippen molar-refractivity contribution in [3.63, 3.8) is 0 Å². The van der Waals surface area contributed by atoms with Crippen LogP contribution in [-0.2, 0) is 11.2 Å². The van der Waals surface area contributed by atoms with Crippen molar-refractivity contribution in [2.24, 2.45) is 0 Å². The summed E-state index contributed by atoms with van der Waals surface area (Å²) in [6.45, 7) is 8.73. The number of nitrogens with one attached hydrogen (secondary N) is 1. The van der Waals surface area contributed by atoms with Crippen molar-refractivity contribution in [1.82, 2.24) is 25.3 Å². The van der Waals surface area contributed by atoms with Crippen molar-refractivity contribution in [2.75, 3.05) is 39.3 Å². The molecule has 0 bridgehead atoms. The Morgan fingerprint density at radius 2 is 1.97 bits per heavy atom. The summed E-state index contributed by atoms with van der Waals surface area (Å²) < 4.78 is 5.55. The van der Waals surface area contributed by atoms with E-state index in [0.29, 0.717) is 24.8 Å². The minimum Gasteiger partial charge on any atom is -0.355 e. The number of rotatable bonds is 8.